The normalized spacial score (nSPS) is 14.1. The molecule has 2 atom stereocenters. The molecule has 2 unspecified atom stereocenters. The number of carbonyl (C=O) groups is 1. The van der Waals surface area contributed by atoms with Crippen molar-refractivity contribution >= 4 is 11.5 Å². The summed E-state index contributed by atoms with van der Waals surface area (Å²) < 4.78 is 0. The Morgan fingerprint density at radius 3 is 2.29 bits per heavy atom. The third kappa shape index (κ3) is 4.59. The van der Waals surface area contributed by atoms with E-state index in [-0.39, 0.29) is 5.78 Å². The second-order valence-electron chi connectivity index (χ2n) is 4.93. The minimum atomic E-state index is 0.115. The lowest BCUT2D eigenvalue weighted by Crippen LogP contribution is -2.18. The van der Waals surface area contributed by atoms with Crippen molar-refractivity contribution in [2.75, 3.05) is 5.32 Å². The number of ketones is 1. The van der Waals surface area contributed by atoms with Crippen molar-refractivity contribution in [3.8, 4) is 0 Å². The number of rotatable bonds is 6. The minimum absolute atomic E-state index is 0.115. The predicted molar refractivity (Wildman–Crippen MR) is 73.6 cm³/mol. The van der Waals surface area contributed by atoms with Gasteiger partial charge in [-0.25, -0.2) is 0 Å². The maximum atomic E-state index is 11.1. The summed E-state index contributed by atoms with van der Waals surface area (Å²) >= 11 is 0. The van der Waals surface area contributed by atoms with Gasteiger partial charge in [0.2, 0.25) is 0 Å². The van der Waals surface area contributed by atoms with E-state index in [1.165, 1.54) is 12.8 Å². The number of hydrogen-bond donors (Lipinski definition) is 1. The number of anilines is 1. The molecule has 94 valence electrons. The van der Waals surface area contributed by atoms with Gasteiger partial charge in [-0.2, -0.15) is 0 Å². The van der Waals surface area contributed by atoms with Crippen LogP contribution in [0.4, 0.5) is 5.69 Å². The van der Waals surface area contributed by atoms with Crippen LogP contribution in [-0.2, 0) is 0 Å². The molecule has 0 spiro atoms. The molecule has 1 N–H and O–H groups in total. The molecule has 2 heteroatoms. The Bertz CT molecular complexity index is 356. The molecule has 0 fully saturated rings. The van der Waals surface area contributed by atoms with Crippen LogP contribution >= 0.6 is 0 Å². The third-order valence-electron chi connectivity index (χ3n) is 3.16. The monoisotopic (exact) mass is 233 g/mol. The molecule has 17 heavy (non-hydrogen) atoms. The summed E-state index contributed by atoms with van der Waals surface area (Å²) in [5.74, 6) is 0.859. The number of Topliss-reactive ketones (excluding diaryl/α,β-unsaturated/α-hetero) is 1. The number of nitrogens with one attached hydrogen (secondary N) is 1. The summed E-state index contributed by atoms with van der Waals surface area (Å²) in [6, 6.07) is 8.17. The predicted octanol–water partition coefficient (Wildman–Crippen LogP) is 4.13. The molecule has 0 aromatic heterocycles. The number of benzene rings is 1. The van der Waals surface area contributed by atoms with Crippen LogP contribution in [0.3, 0.4) is 0 Å². The highest BCUT2D eigenvalue weighted by Crippen LogP contribution is 2.15. The Morgan fingerprint density at radius 1 is 1.24 bits per heavy atom. The van der Waals surface area contributed by atoms with Gasteiger partial charge in [-0.15, -0.1) is 0 Å². The van der Waals surface area contributed by atoms with Crippen molar-refractivity contribution in [3.63, 3.8) is 0 Å². The SMILES string of the molecule is CCC(C)CC(C)Nc1ccc(C(C)=O)cc1. The Balaban J connectivity index is 2.54. The zero-order valence-electron chi connectivity index (χ0n) is 11.3. The van der Waals surface area contributed by atoms with Gasteiger partial charge in [0.05, 0.1) is 0 Å². The fourth-order valence-corrected chi connectivity index (χ4v) is 1.91. The first kappa shape index (κ1) is 13.8. The lowest BCUT2D eigenvalue weighted by Gasteiger charge is -2.18. The van der Waals surface area contributed by atoms with Gasteiger partial charge in [0.25, 0.3) is 0 Å². The van der Waals surface area contributed by atoms with E-state index in [2.05, 4.69) is 26.1 Å². The van der Waals surface area contributed by atoms with Gasteiger partial charge in [0, 0.05) is 17.3 Å². The zero-order valence-corrected chi connectivity index (χ0v) is 11.3. The standard InChI is InChI=1S/C15H23NO/c1-5-11(2)10-12(3)16-15-8-6-14(7-9-15)13(4)17/h6-9,11-12,16H,5,10H2,1-4H3. The molecule has 2 nitrogen and oxygen atoms in total. The van der Waals surface area contributed by atoms with E-state index in [0.29, 0.717) is 6.04 Å². The summed E-state index contributed by atoms with van der Waals surface area (Å²) in [6.07, 6.45) is 2.39. The fourth-order valence-electron chi connectivity index (χ4n) is 1.91. The van der Waals surface area contributed by atoms with Gasteiger partial charge < -0.3 is 5.32 Å². The molecule has 0 radical (unpaired) electrons. The van der Waals surface area contributed by atoms with E-state index in [0.717, 1.165) is 17.2 Å². The summed E-state index contributed by atoms with van der Waals surface area (Å²) in [5, 5.41) is 3.46. The van der Waals surface area contributed by atoms with Crippen molar-refractivity contribution < 1.29 is 4.79 Å². The van der Waals surface area contributed by atoms with Gasteiger partial charge in [0.1, 0.15) is 0 Å². The first-order valence-corrected chi connectivity index (χ1v) is 6.40. The van der Waals surface area contributed by atoms with E-state index in [4.69, 9.17) is 0 Å². The molecule has 0 amide bonds. The molecule has 1 aromatic rings. The quantitative estimate of drug-likeness (QED) is 0.749. The van der Waals surface area contributed by atoms with Crippen LogP contribution in [0, 0.1) is 5.92 Å². The molecule has 0 saturated heterocycles. The lowest BCUT2D eigenvalue weighted by molar-refractivity contribution is 0.101. The zero-order chi connectivity index (χ0) is 12.8. The highest BCUT2D eigenvalue weighted by molar-refractivity contribution is 5.94. The largest absolute Gasteiger partial charge is 0.383 e. The van der Waals surface area contributed by atoms with Crippen LogP contribution in [0.15, 0.2) is 24.3 Å². The molecular weight excluding hydrogens is 210 g/mol. The summed E-state index contributed by atoms with van der Waals surface area (Å²) in [7, 11) is 0. The smallest absolute Gasteiger partial charge is 0.159 e. The number of carbonyl (C=O) groups excluding carboxylic acids is 1. The van der Waals surface area contributed by atoms with Gasteiger partial charge in [0.15, 0.2) is 5.78 Å². The highest BCUT2D eigenvalue weighted by atomic mass is 16.1. The summed E-state index contributed by atoms with van der Waals surface area (Å²) in [6.45, 7) is 8.29. The number of hydrogen-bond acceptors (Lipinski definition) is 2. The molecule has 0 aliphatic rings. The van der Waals surface area contributed by atoms with Crippen LogP contribution < -0.4 is 5.32 Å². The van der Waals surface area contributed by atoms with Crippen LogP contribution in [-0.4, -0.2) is 11.8 Å². The molecule has 0 saturated carbocycles. The Morgan fingerprint density at radius 2 is 1.82 bits per heavy atom. The minimum Gasteiger partial charge on any atom is -0.383 e. The van der Waals surface area contributed by atoms with E-state index < -0.39 is 0 Å². The molecular formula is C15H23NO. The van der Waals surface area contributed by atoms with Crippen molar-refractivity contribution in [1.82, 2.24) is 0 Å². The molecule has 0 aliphatic carbocycles. The molecule has 0 aliphatic heterocycles. The van der Waals surface area contributed by atoms with Crippen LogP contribution in [0.5, 0.6) is 0 Å². The average molecular weight is 233 g/mol. The fraction of sp³-hybridized carbons (Fsp3) is 0.533. The highest BCUT2D eigenvalue weighted by Gasteiger charge is 2.07. The van der Waals surface area contributed by atoms with E-state index >= 15 is 0 Å². The van der Waals surface area contributed by atoms with Crippen molar-refractivity contribution in [2.24, 2.45) is 5.92 Å². The second kappa shape index (κ2) is 6.43. The Labute approximate surface area is 104 Å². The van der Waals surface area contributed by atoms with Gasteiger partial charge in [-0.1, -0.05) is 20.3 Å². The van der Waals surface area contributed by atoms with Gasteiger partial charge in [-0.3, -0.25) is 4.79 Å². The maximum absolute atomic E-state index is 11.1. The van der Waals surface area contributed by atoms with Crippen molar-refractivity contribution in [3.05, 3.63) is 29.8 Å². The third-order valence-corrected chi connectivity index (χ3v) is 3.16. The summed E-state index contributed by atoms with van der Waals surface area (Å²) in [4.78, 5) is 11.1. The Kier molecular flexibility index (Phi) is 5.20. The molecule has 1 aromatic carbocycles. The van der Waals surface area contributed by atoms with Gasteiger partial charge >= 0.3 is 0 Å². The van der Waals surface area contributed by atoms with E-state index in [1.807, 2.05) is 24.3 Å². The maximum Gasteiger partial charge on any atom is 0.159 e. The van der Waals surface area contributed by atoms with Crippen molar-refractivity contribution in [1.29, 1.82) is 0 Å². The first-order valence-electron chi connectivity index (χ1n) is 6.40. The molecule has 0 bridgehead atoms. The second-order valence-corrected chi connectivity index (χ2v) is 4.93. The van der Waals surface area contributed by atoms with Crippen molar-refractivity contribution in [2.45, 2.75) is 46.6 Å². The van der Waals surface area contributed by atoms with Crippen LogP contribution in [0.2, 0.25) is 0 Å². The summed E-state index contributed by atoms with van der Waals surface area (Å²) in [5.41, 5.74) is 1.86. The average Bonchev–Trinajstić information content (AvgIpc) is 2.29. The topological polar surface area (TPSA) is 29.1 Å². The van der Waals surface area contributed by atoms with Crippen LogP contribution in [0.25, 0.3) is 0 Å². The van der Waals surface area contributed by atoms with E-state index in [1.54, 1.807) is 6.92 Å². The molecule has 1 rings (SSSR count). The van der Waals surface area contributed by atoms with E-state index in [9.17, 15) is 4.79 Å². The lowest BCUT2D eigenvalue weighted by atomic mass is 10.00. The van der Waals surface area contributed by atoms with Crippen LogP contribution in [0.1, 0.15) is 50.9 Å². The molecule has 0 heterocycles. The van der Waals surface area contributed by atoms with Gasteiger partial charge in [-0.05, 0) is 50.5 Å². The first-order chi connectivity index (χ1) is 8.02. The Hall–Kier alpha value is -1.31.